The van der Waals surface area contributed by atoms with Gasteiger partial charge in [0.25, 0.3) is 0 Å². The topological polar surface area (TPSA) is 35.5 Å². The Morgan fingerprint density at radius 2 is 1.75 bits per heavy atom. The highest BCUT2D eigenvalue weighted by atomic mass is 16.5. The Morgan fingerprint density at radius 3 is 2.42 bits per heavy atom. The fraction of sp³-hybridized carbons (Fsp3) is 0.381. The number of carbonyl (C=O) groups excluding carboxylic acids is 1. The number of benzene rings is 2. The van der Waals surface area contributed by atoms with E-state index in [0.29, 0.717) is 18.3 Å². The zero-order valence-electron chi connectivity index (χ0n) is 14.1. The maximum Gasteiger partial charge on any atom is 0.127 e. The number of carbonyl (C=O) groups is 1. The molecule has 0 heterocycles. The van der Waals surface area contributed by atoms with Crippen molar-refractivity contribution in [1.82, 2.24) is 0 Å². The van der Waals surface area contributed by atoms with Crippen LogP contribution in [0.1, 0.15) is 43.6 Å². The normalized spacial score (nSPS) is 15.9. The van der Waals surface area contributed by atoms with E-state index in [1.807, 2.05) is 36.4 Å². The van der Waals surface area contributed by atoms with Gasteiger partial charge in [-0.25, -0.2) is 0 Å². The van der Waals surface area contributed by atoms with Gasteiger partial charge in [-0.15, -0.1) is 0 Å². The molecule has 24 heavy (non-hydrogen) atoms. The van der Waals surface area contributed by atoms with Gasteiger partial charge >= 0.3 is 0 Å². The first-order valence-corrected chi connectivity index (χ1v) is 8.65. The van der Waals surface area contributed by atoms with E-state index in [0.717, 1.165) is 23.5 Å². The van der Waals surface area contributed by atoms with Gasteiger partial charge in [-0.3, -0.25) is 0 Å². The highest BCUT2D eigenvalue weighted by Gasteiger charge is 2.26. The van der Waals surface area contributed by atoms with Crippen LogP contribution >= 0.6 is 0 Å². The van der Waals surface area contributed by atoms with Crippen LogP contribution < -0.4 is 9.47 Å². The van der Waals surface area contributed by atoms with Crippen molar-refractivity contribution in [3.63, 3.8) is 0 Å². The summed E-state index contributed by atoms with van der Waals surface area (Å²) in [5.41, 5.74) is 1.21. The zero-order chi connectivity index (χ0) is 16.8. The minimum Gasteiger partial charge on any atom is -0.497 e. The summed E-state index contributed by atoms with van der Waals surface area (Å²) in [5, 5.41) is 0. The van der Waals surface area contributed by atoms with Crippen LogP contribution in [0.3, 0.4) is 0 Å². The molecule has 0 N–H and O–H groups in total. The fourth-order valence-electron chi connectivity index (χ4n) is 3.65. The quantitative estimate of drug-likeness (QED) is 0.644. The first-order valence-electron chi connectivity index (χ1n) is 8.65. The number of hydrogen-bond acceptors (Lipinski definition) is 3. The minimum absolute atomic E-state index is 0.310. The van der Waals surface area contributed by atoms with E-state index in [9.17, 15) is 4.79 Å². The van der Waals surface area contributed by atoms with Crippen LogP contribution in [-0.4, -0.2) is 13.4 Å². The third-order valence-electron chi connectivity index (χ3n) is 4.90. The molecule has 0 bridgehead atoms. The van der Waals surface area contributed by atoms with Crippen molar-refractivity contribution < 1.29 is 14.3 Å². The van der Waals surface area contributed by atoms with Gasteiger partial charge in [-0.05, 0) is 66.6 Å². The van der Waals surface area contributed by atoms with Crippen molar-refractivity contribution in [3.8, 4) is 17.2 Å². The number of hydrogen-bond donors (Lipinski definition) is 0. The summed E-state index contributed by atoms with van der Waals surface area (Å²) in [6.45, 7) is 0. The van der Waals surface area contributed by atoms with E-state index >= 15 is 0 Å². The lowest BCUT2D eigenvalue weighted by atomic mass is 9.83. The maximum atomic E-state index is 11.1. The van der Waals surface area contributed by atoms with Gasteiger partial charge < -0.3 is 14.3 Å². The number of methoxy groups -OCH3 is 1. The lowest BCUT2D eigenvalue weighted by Crippen LogP contribution is -2.10. The van der Waals surface area contributed by atoms with E-state index in [2.05, 4.69) is 12.1 Å². The molecule has 0 spiro atoms. The van der Waals surface area contributed by atoms with Gasteiger partial charge in [0.1, 0.15) is 23.5 Å². The third-order valence-corrected chi connectivity index (χ3v) is 4.90. The number of rotatable bonds is 7. The highest BCUT2D eigenvalue weighted by molar-refractivity contribution is 5.52. The molecule has 1 atom stereocenters. The first-order chi connectivity index (χ1) is 11.8. The van der Waals surface area contributed by atoms with E-state index in [-0.39, 0.29) is 0 Å². The predicted octanol–water partition coefficient (Wildman–Crippen LogP) is 5.35. The molecule has 0 amide bonds. The largest absolute Gasteiger partial charge is 0.497 e. The van der Waals surface area contributed by atoms with Gasteiger partial charge in [-0.1, -0.05) is 25.0 Å². The van der Waals surface area contributed by atoms with Crippen molar-refractivity contribution in [3.05, 3.63) is 54.1 Å². The molecular weight excluding hydrogens is 300 g/mol. The molecular formula is C21H24O3. The summed E-state index contributed by atoms with van der Waals surface area (Å²) in [5.74, 6) is 3.33. The van der Waals surface area contributed by atoms with E-state index in [1.54, 1.807) is 7.11 Å². The smallest absolute Gasteiger partial charge is 0.127 e. The summed E-state index contributed by atoms with van der Waals surface area (Å²) in [6, 6.07) is 15.7. The number of ether oxygens (including phenoxy) is 2. The van der Waals surface area contributed by atoms with Gasteiger partial charge in [0.2, 0.25) is 0 Å². The SMILES string of the molecule is COc1ccc(Oc2cccc(C(CC=O)C3CCCC3)c2)cc1. The third kappa shape index (κ3) is 3.97. The van der Waals surface area contributed by atoms with Crippen molar-refractivity contribution in [2.24, 2.45) is 5.92 Å². The molecule has 1 aliphatic rings. The van der Waals surface area contributed by atoms with Crippen LogP contribution in [0.25, 0.3) is 0 Å². The van der Waals surface area contributed by atoms with Crippen molar-refractivity contribution >= 4 is 6.29 Å². The standard InChI is InChI=1S/C21H24O3/c1-23-18-9-11-19(12-10-18)24-20-8-4-7-17(15-20)21(13-14-22)16-5-2-3-6-16/h4,7-12,14-16,21H,2-3,5-6,13H2,1H3. The Hall–Kier alpha value is -2.29. The van der Waals surface area contributed by atoms with Crippen molar-refractivity contribution in [2.75, 3.05) is 7.11 Å². The Labute approximate surface area is 143 Å². The van der Waals surface area contributed by atoms with Crippen LogP contribution in [-0.2, 0) is 4.79 Å². The summed E-state index contributed by atoms with van der Waals surface area (Å²) in [4.78, 5) is 11.1. The number of aldehydes is 1. The molecule has 3 rings (SSSR count). The van der Waals surface area contributed by atoms with Crippen molar-refractivity contribution in [1.29, 1.82) is 0 Å². The van der Waals surface area contributed by atoms with E-state index < -0.39 is 0 Å². The fourth-order valence-corrected chi connectivity index (χ4v) is 3.65. The highest BCUT2D eigenvalue weighted by Crippen LogP contribution is 2.40. The molecule has 2 aromatic carbocycles. The van der Waals surface area contributed by atoms with Crippen LogP contribution in [0.4, 0.5) is 0 Å². The van der Waals surface area contributed by atoms with Crippen LogP contribution in [0.15, 0.2) is 48.5 Å². The first kappa shape index (κ1) is 16.6. The summed E-state index contributed by atoms with van der Waals surface area (Å²) < 4.78 is 11.1. The molecule has 3 nitrogen and oxygen atoms in total. The molecule has 1 fully saturated rings. The summed E-state index contributed by atoms with van der Waals surface area (Å²) >= 11 is 0. The predicted molar refractivity (Wildman–Crippen MR) is 94.9 cm³/mol. The zero-order valence-corrected chi connectivity index (χ0v) is 14.1. The molecule has 126 valence electrons. The molecule has 0 aliphatic heterocycles. The molecule has 1 aliphatic carbocycles. The Morgan fingerprint density at radius 1 is 1.04 bits per heavy atom. The summed E-state index contributed by atoms with van der Waals surface area (Å²) in [7, 11) is 1.65. The lowest BCUT2D eigenvalue weighted by Gasteiger charge is -2.22. The maximum absolute atomic E-state index is 11.1. The Bertz CT molecular complexity index is 657. The lowest BCUT2D eigenvalue weighted by molar-refractivity contribution is -0.108. The average molecular weight is 324 g/mol. The van der Waals surface area contributed by atoms with E-state index in [4.69, 9.17) is 9.47 Å². The van der Waals surface area contributed by atoms with Crippen LogP contribution in [0.2, 0.25) is 0 Å². The molecule has 1 saturated carbocycles. The van der Waals surface area contributed by atoms with Gasteiger partial charge in [0.05, 0.1) is 7.11 Å². The molecule has 0 radical (unpaired) electrons. The summed E-state index contributed by atoms with van der Waals surface area (Å²) in [6.07, 6.45) is 6.66. The second-order valence-electron chi connectivity index (χ2n) is 6.40. The molecule has 2 aromatic rings. The Kier molecular flexibility index (Phi) is 5.52. The minimum atomic E-state index is 0.310. The second kappa shape index (κ2) is 8.00. The average Bonchev–Trinajstić information content (AvgIpc) is 3.15. The van der Waals surface area contributed by atoms with E-state index in [1.165, 1.54) is 31.2 Å². The van der Waals surface area contributed by atoms with Crippen molar-refractivity contribution in [2.45, 2.75) is 38.0 Å². The van der Waals surface area contributed by atoms with Gasteiger partial charge in [-0.2, -0.15) is 0 Å². The molecule has 1 unspecified atom stereocenters. The molecule has 3 heteroatoms. The molecule has 0 aromatic heterocycles. The van der Waals surface area contributed by atoms with Crippen LogP contribution in [0.5, 0.6) is 17.2 Å². The van der Waals surface area contributed by atoms with Gasteiger partial charge in [0, 0.05) is 6.42 Å². The monoisotopic (exact) mass is 324 g/mol. The molecule has 0 saturated heterocycles. The second-order valence-corrected chi connectivity index (χ2v) is 6.40. The van der Waals surface area contributed by atoms with Crippen LogP contribution in [0, 0.1) is 5.92 Å². The van der Waals surface area contributed by atoms with Gasteiger partial charge in [0.15, 0.2) is 0 Å². The Balaban J connectivity index is 1.77.